The van der Waals surface area contributed by atoms with Crippen molar-refractivity contribution in [1.29, 1.82) is 0 Å². The molecule has 0 spiro atoms. The van der Waals surface area contributed by atoms with Crippen LogP contribution in [0.25, 0.3) is 0 Å². The topological polar surface area (TPSA) is 55.8 Å². The Morgan fingerprint density at radius 3 is 2.81 bits per heavy atom. The van der Waals surface area contributed by atoms with Crippen LogP contribution in [0.5, 0.6) is 0 Å². The van der Waals surface area contributed by atoms with Gasteiger partial charge in [-0.25, -0.2) is 9.37 Å². The highest BCUT2D eigenvalue weighted by Gasteiger charge is 2.26. The minimum atomic E-state index is -0.267. The summed E-state index contributed by atoms with van der Waals surface area (Å²) in [5, 5.41) is 6.78. The average molecular weight is 478 g/mol. The Bertz CT molecular complexity index is 593. The third-order valence-corrected chi connectivity index (χ3v) is 4.75. The fourth-order valence-electron chi connectivity index (χ4n) is 2.61. The van der Waals surface area contributed by atoms with Crippen LogP contribution in [0.2, 0.25) is 0 Å². The summed E-state index contributed by atoms with van der Waals surface area (Å²) in [5.41, 5.74) is -0.0127. The van der Waals surface area contributed by atoms with Gasteiger partial charge in [-0.05, 0) is 53.4 Å². The lowest BCUT2D eigenvalue weighted by Gasteiger charge is -2.31. The molecule has 0 aromatic carbocycles. The molecule has 1 aromatic heterocycles. The largest absolute Gasteiger partial charge is 0.357 e. The zero-order valence-electron chi connectivity index (χ0n) is 16.4. The molecule has 1 fully saturated rings. The van der Waals surface area contributed by atoms with E-state index in [4.69, 9.17) is 4.99 Å². The Morgan fingerprint density at radius 1 is 1.46 bits per heavy atom. The number of hydrogen-bond acceptors (Lipinski definition) is 4. The third kappa shape index (κ3) is 6.22. The van der Waals surface area contributed by atoms with Gasteiger partial charge < -0.3 is 20.4 Å². The first-order valence-corrected chi connectivity index (χ1v) is 8.91. The van der Waals surface area contributed by atoms with Gasteiger partial charge in [-0.15, -0.1) is 24.0 Å². The van der Waals surface area contributed by atoms with E-state index in [2.05, 4.69) is 55.4 Å². The maximum atomic E-state index is 13.9. The molecule has 2 heterocycles. The summed E-state index contributed by atoms with van der Waals surface area (Å²) in [4.78, 5) is 13.1. The van der Waals surface area contributed by atoms with Gasteiger partial charge in [0.25, 0.3) is 0 Å². The van der Waals surface area contributed by atoms with Crippen LogP contribution in [0, 0.1) is 5.82 Å². The van der Waals surface area contributed by atoms with E-state index >= 15 is 0 Å². The van der Waals surface area contributed by atoms with E-state index in [1.165, 1.54) is 6.07 Å². The van der Waals surface area contributed by atoms with Crippen molar-refractivity contribution in [3.8, 4) is 0 Å². The van der Waals surface area contributed by atoms with Crippen molar-refractivity contribution in [1.82, 2.24) is 20.5 Å². The summed E-state index contributed by atoms with van der Waals surface area (Å²) >= 11 is 0. The Balaban J connectivity index is 0.00000338. The minimum Gasteiger partial charge on any atom is -0.357 e. The summed E-state index contributed by atoms with van der Waals surface area (Å²) in [6.07, 6.45) is 2.56. The van der Waals surface area contributed by atoms with Gasteiger partial charge in [0.2, 0.25) is 0 Å². The molecule has 0 aliphatic carbocycles. The van der Waals surface area contributed by atoms with Crippen molar-refractivity contribution in [2.45, 2.75) is 38.8 Å². The summed E-state index contributed by atoms with van der Waals surface area (Å²) in [7, 11) is 4.12. The SMILES string of the molecule is CCNC(=NCC(C)(C)N(C)C)NC1CCN(c2ncccc2F)C1.I. The minimum absolute atomic E-state index is 0. The number of anilines is 1. The normalized spacial score (nSPS) is 18.0. The molecule has 1 unspecified atom stereocenters. The number of nitrogens with zero attached hydrogens (tertiary/aromatic N) is 4. The van der Waals surface area contributed by atoms with Crippen LogP contribution < -0.4 is 15.5 Å². The van der Waals surface area contributed by atoms with Crippen LogP contribution >= 0.6 is 24.0 Å². The number of pyridine rings is 1. The van der Waals surface area contributed by atoms with E-state index in [1.807, 2.05) is 4.90 Å². The molecule has 26 heavy (non-hydrogen) atoms. The molecule has 0 bridgehead atoms. The zero-order valence-corrected chi connectivity index (χ0v) is 18.8. The quantitative estimate of drug-likeness (QED) is 0.374. The lowest BCUT2D eigenvalue weighted by atomic mass is 10.1. The van der Waals surface area contributed by atoms with E-state index in [9.17, 15) is 4.39 Å². The van der Waals surface area contributed by atoms with Gasteiger partial charge in [-0.1, -0.05) is 0 Å². The highest BCUT2D eigenvalue weighted by molar-refractivity contribution is 14.0. The molecule has 1 aliphatic rings. The van der Waals surface area contributed by atoms with Crippen molar-refractivity contribution >= 4 is 35.8 Å². The first kappa shape index (κ1) is 22.9. The second-order valence-electron chi connectivity index (χ2n) is 7.29. The van der Waals surface area contributed by atoms with E-state index in [-0.39, 0.29) is 41.4 Å². The molecule has 0 radical (unpaired) electrons. The number of aliphatic imine (C=N–C) groups is 1. The van der Waals surface area contributed by atoms with Crippen LogP contribution in [-0.2, 0) is 0 Å². The average Bonchev–Trinajstić information content (AvgIpc) is 3.01. The highest BCUT2D eigenvalue weighted by atomic mass is 127. The van der Waals surface area contributed by atoms with Gasteiger partial charge in [-0.3, -0.25) is 4.99 Å². The van der Waals surface area contributed by atoms with Crippen LogP contribution in [0.3, 0.4) is 0 Å². The monoisotopic (exact) mass is 478 g/mol. The van der Waals surface area contributed by atoms with Gasteiger partial charge >= 0.3 is 0 Å². The molecule has 1 atom stereocenters. The van der Waals surface area contributed by atoms with Gasteiger partial charge in [0.05, 0.1) is 6.54 Å². The van der Waals surface area contributed by atoms with E-state index in [0.29, 0.717) is 12.4 Å². The lowest BCUT2D eigenvalue weighted by molar-refractivity contribution is 0.204. The molecule has 2 N–H and O–H groups in total. The summed E-state index contributed by atoms with van der Waals surface area (Å²) < 4.78 is 13.9. The number of halogens is 2. The van der Waals surface area contributed by atoms with Crippen molar-refractivity contribution in [2.24, 2.45) is 4.99 Å². The number of nitrogens with one attached hydrogen (secondary N) is 2. The second-order valence-corrected chi connectivity index (χ2v) is 7.29. The van der Waals surface area contributed by atoms with Crippen LogP contribution in [0.1, 0.15) is 27.2 Å². The predicted octanol–water partition coefficient (Wildman–Crippen LogP) is 2.31. The van der Waals surface area contributed by atoms with E-state index in [1.54, 1.807) is 12.3 Å². The fourth-order valence-corrected chi connectivity index (χ4v) is 2.61. The molecule has 2 rings (SSSR count). The zero-order chi connectivity index (χ0) is 18.4. The van der Waals surface area contributed by atoms with Gasteiger partial charge in [0, 0.05) is 37.4 Å². The number of likely N-dealkylation sites (N-methyl/N-ethyl adjacent to an activating group) is 1. The van der Waals surface area contributed by atoms with Crippen LogP contribution in [-0.4, -0.2) is 67.7 Å². The molecular weight excluding hydrogens is 446 g/mol. The highest BCUT2D eigenvalue weighted by Crippen LogP contribution is 2.20. The van der Waals surface area contributed by atoms with Crippen molar-refractivity contribution in [3.63, 3.8) is 0 Å². The molecule has 6 nitrogen and oxygen atoms in total. The number of aromatic nitrogens is 1. The Kier molecular flexibility index (Phi) is 9.02. The summed E-state index contributed by atoms with van der Waals surface area (Å²) in [6.45, 7) is 9.39. The first-order chi connectivity index (χ1) is 11.8. The summed E-state index contributed by atoms with van der Waals surface area (Å²) in [5.74, 6) is 0.977. The number of hydrogen-bond donors (Lipinski definition) is 2. The lowest BCUT2D eigenvalue weighted by Crippen LogP contribution is -2.47. The van der Waals surface area contributed by atoms with Crippen molar-refractivity contribution in [2.75, 3.05) is 45.2 Å². The number of rotatable bonds is 6. The van der Waals surface area contributed by atoms with Crippen LogP contribution in [0.15, 0.2) is 23.3 Å². The molecule has 1 aromatic rings. The molecule has 148 valence electrons. The Hall–Kier alpha value is -1.16. The fraction of sp³-hybridized carbons (Fsp3) is 0.667. The number of guanidine groups is 1. The molecular formula is C18H32FIN6. The maximum absolute atomic E-state index is 13.9. The predicted molar refractivity (Wildman–Crippen MR) is 117 cm³/mol. The third-order valence-electron chi connectivity index (χ3n) is 4.75. The molecule has 1 aliphatic heterocycles. The summed E-state index contributed by atoms with van der Waals surface area (Å²) in [6, 6.07) is 3.30. The standard InChI is InChI=1S/C18H31FN6.HI/c1-6-20-17(22-13-18(2,3)24(4)5)23-14-9-11-25(12-14)16-15(19)8-7-10-21-16;/h7-8,10,14H,6,9,11-13H2,1-5H3,(H2,20,22,23);1H. The molecule has 1 saturated heterocycles. The molecule has 0 saturated carbocycles. The van der Waals surface area contributed by atoms with E-state index in [0.717, 1.165) is 32.0 Å². The van der Waals surface area contributed by atoms with Crippen LogP contribution in [0.4, 0.5) is 10.2 Å². The Morgan fingerprint density at radius 2 is 2.19 bits per heavy atom. The smallest absolute Gasteiger partial charge is 0.191 e. The second kappa shape index (κ2) is 10.2. The van der Waals surface area contributed by atoms with Crippen molar-refractivity contribution in [3.05, 3.63) is 24.1 Å². The van der Waals surface area contributed by atoms with Gasteiger partial charge in [0.15, 0.2) is 17.6 Å². The first-order valence-electron chi connectivity index (χ1n) is 8.91. The van der Waals surface area contributed by atoms with Crippen molar-refractivity contribution < 1.29 is 4.39 Å². The van der Waals surface area contributed by atoms with E-state index < -0.39 is 0 Å². The van der Waals surface area contributed by atoms with Gasteiger partial charge in [-0.2, -0.15) is 0 Å². The van der Waals surface area contributed by atoms with Gasteiger partial charge in [0.1, 0.15) is 0 Å². The maximum Gasteiger partial charge on any atom is 0.191 e. The molecule has 0 amide bonds. The Labute approximate surface area is 173 Å². The molecule has 8 heteroatoms.